The van der Waals surface area contributed by atoms with E-state index in [1.807, 2.05) is 86.6 Å². The SMILES string of the molecule is CNC(=O)N1N=C(c2ccc(Cl)cc2)c2cc(Cl)cc(N3CCN(C)CC3)c2CC1C.CNC(=O)N1N=C(c2ccc(Cl)cc2)c2cc(Cl)cc(N3CCOCC3)c2CC1C. The number of urea groups is 2. The molecule has 2 fully saturated rings. The molecule has 2 unspecified atom stereocenters. The number of nitrogens with zero attached hydrogens (tertiary/aromatic N) is 7. The predicted octanol–water partition coefficient (Wildman–Crippen LogP) is 8.25. The number of hydrazone groups is 2. The summed E-state index contributed by atoms with van der Waals surface area (Å²) in [5, 5.41) is 20.7. The van der Waals surface area contributed by atoms with Gasteiger partial charge in [-0.2, -0.15) is 10.2 Å². The van der Waals surface area contributed by atoms with Crippen LogP contribution in [-0.2, 0) is 17.6 Å². The second-order valence-corrected chi connectivity index (χ2v) is 17.4. The molecule has 4 aromatic carbocycles. The molecule has 4 amide bonds. The second-order valence-electron chi connectivity index (χ2n) is 15.6. The topological polar surface area (TPSA) is 108 Å². The molecule has 0 aliphatic carbocycles. The summed E-state index contributed by atoms with van der Waals surface area (Å²) in [5.41, 5.74) is 9.58. The van der Waals surface area contributed by atoms with Gasteiger partial charge in [0.25, 0.3) is 0 Å². The van der Waals surface area contributed by atoms with Crippen molar-refractivity contribution in [3.63, 3.8) is 0 Å². The molecule has 0 aromatic heterocycles. The van der Waals surface area contributed by atoms with Gasteiger partial charge in [0, 0.05) is 107 Å². The molecule has 8 rings (SSSR count). The van der Waals surface area contributed by atoms with Gasteiger partial charge in [-0.05, 0) is 93.4 Å². The lowest BCUT2D eigenvalue weighted by molar-refractivity contribution is 0.122. The first-order valence-electron chi connectivity index (χ1n) is 20.5. The normalized spacial score (nSPS) is 19.3. The number of benzene rings is 4. The molecular weight excluding hydrogens is 856 g/mol. The molecule has 61 heavy (non-hydrogen) atoms. The number of rotatable bonds is 4. The highest BCUT2D eigenvalue weighted by atomic mass is 35.5. The molecule has 0 bridgehead atoms. The maximum Gasteiger partial charge on any atom is 0.337 e. The van der Waals surface area contributed by atoms with E-state index >= 15 is 0 Å². The van der Waals surface area contributed by atoms with Crippen molar-refractivity contribution in [3.05, 3.63) is 126 Å². The number of morpholine rings is 1. The van der Waals surface area contributed by atoms with E-state index in [9.17, 15) is 9.59 Å². The fourth-order valence-corrected chi connectivity index (χ4v) is 8.84. The Hall–Kier alpha value is -4.56. The van der Waals surface area contributed by atoms with Crippen molar-refractivity contribution in [1.82, 2.24) is 25.6 Å². The van der Waals surface area contributed by atoms with Gasteiger partial charge in [-0.3, -0.25) is 0 Å². The number of likely N-dealkylation sites (N-methyl/N-ethyl adjacent to an activating group) is 1. The van der Waals surface area contributed by atoms with E-state index in [-0.39, 0.29) is 24.1 Å². The van der Waals surface area contributed by atoms with Crippen LogP contribution in [0.15, 0.2) is 83.0 Å². The highest BCUT2D eigenvalue weighted by molar-refractivity contribution is 6.33. The van der Waals surface area contributed by atoms with Crippen LogP contribution in [0.5, 0.6) is 0 Å². The Morgan fingerprint density at radius 1 is 0.590 bits per heavy atom. The molecule has 2 N–H and O–H groups in total. The molecule has 4 aliphatic heterocycles. The summed E-state index contributed by atoms with van der Waals surface area (Å²) in [6, 6.07) is 22.2. The molecule has 322 valence electrons. The van der Waals surface area contributed by atoms with Gasteiger partial charge in [0.2, 0.25) is 0 Å². The molecule has 12 nitrogen and oxygen atoms in total. The van der Waals surface area contributed by atoms with Gasteiger partial charge in [0.1, 0.15) is 0 Å². The standard InChI is InChI=1S/C23H27Cl2N5O.C22H24Cl2N4O2/c1-15-12-19-20(13-18(25)14-21(19)29-10-8-28(3)9-11-29)22(27-30(15)23(31)26-2)16-4-6-17(24)7-5-16;1-14-11-18-19(12-17(24)13-20(18)27-7-9-30-10-8-27)21(26-28(14)22(29)25-2)15-3-5-16(23)6-4-15/h4-7,13-15H,8-12H2,1-3H3,(H,26,31);3-6,12-14H,7-11H2,1-2H3,(H,25,29). The maximum absolute atomic E-state index is 12.6. The predicted molar refractivity (Wildman–Crippen MR) is 249 cm³/mol. The summed E-state index contributed by atoms with van der Waals surface area (Å²) < 4.78 is 5.53. The van der Waals surface area contributed by atoms with Gasteiger partial charge in [0.05, 0.1) is 36.7 Å². The first-order chi connectivity index (χ1) is 29.3. The number of anilines is 2. The minimum absolute atomic E-state index is 0.115. The zero-order valence-corrected chi connectivity index (χ0v) is 38.0. The van der Waals surface area contributed by atoms with Crippen LogP contribution in [0.25, 0.3) is 0 Å². The molecule has 0 radical (unpaired) electrons. The van der Waals surface area contributed by atoms with Crippen LogP contribution in [0.3, 0.4) is 0 Å². The van der Waals surface area contributed by atoms with E-state index in [2.05, 4.69) is 32.4 Å². The van der Waals surface area contributed by atoms with Gasteiger partial charge in [-0.1, -0.05) is 70.7 Å². The van der Waals surface area contributed by atoms with E-state index in [1.54, 1.807) is 14.1 Å². The largest absolute Gasteiger partial charge is 0.378 e. The van der Waals surface area contributed by atoms with Crippen LogP contribution in [0, 0.1) is 0 Å². The van der Waals surface area contributed by atoms with E-state index in [1.165, 1.54) is 15.6 Å². The van der Waals surface area contributed by atoms with E-state index in [4.69, 9.17) is 61.3 Å². The quantitative estimate of drug-likeness (QED) is 0.214. The number of carbonyl (C=O) groups excluding carboxylic acids is 2. The first kappa shape index (κ1) is 44.5. The Bertz CT molecular complexity index is 2290. The molecule has 4 aromatic rings. The number of ether oxygens (including phenoxy) is 1. The number of fused-ring (bicyclic) bond motifs is 2. The number of hydrogen-bond donors (Lipinski definition) is 2. The average molecular weight is 908 g/mol. The summed E-state index contributed by atoms with van der Waals surface area (Å²) in [7, 11) is 5.38. The van der Waals surface area contributed by atoms with Crippen LogP contribution in [0.2, 0.25) is 20.1 Å². The summed E-state index contributed by atoms with van der Waals surface area (Å²) >= 11 is 25.4. The van der Waals surface area contributed by atoms with Crippen LogP contribution in [-0.4, -0.2) is 124 Å². The zero-order valence-electron chi connectivity index (χ0n) is 35.0. The third-order valence-electron chi connectivity index (χ3n) is 11.4. The van der Waals surface area contributed by atoms with E-state index < -0.39 is 0 Å². The monoisotopic (exact) mass is 905 g/mol. The van der Waals surface area contributed by atoms with Crippen LogP contribution in [0.4, 0.5) is 21.0 Å². The first-order valence-corrected chi connectivity index (χ1v) is 22.0. The van der Waals surface area contributed by atoms with Crippen molar-refractivity contribution in [2.75, 3.05) is 83.4 Å². The molecule has 4 aliphatic rings. The Kier molecular flexibility index (Phi) is 14.3. The number of halogens is 4. The van der Waals surface area contributed by atoms with E-state index in [0.717, 1.165) is 84.2 Å². The summed E-state index contributed by atoms with van der Waals surface area (Å²) in [6.07, 6.45) is 1.34. The highest BCUT2D eigenvalue weighted by Crippen LogP contribution is 2.37. The third kappa shape index (κ3) is 10.1. The Morgan fingerprint density at radius 3 is 1.38 bits per heavy atom. The third-order valence-corrected chi connectivity index (χ3v) is 12.4. The van der Waals surface area contributed by atoms with Gasteiger partial charge < -0.3 is 30.1 Å². The fraction of sp³-hybridized carbons (Fsp3) is 0.378. The minimum atomic E-state index is -0.249. The molecule has 2 saturated heterocycles. The Balaban J connectivity index is 0.000000184. The maximum atomic E-state index is 12.6. The molecule has 0 spiro atoms. The molecule has 4 heterocycles. The Morgan fingerprint density at radius 2 is 0.984 bits per heavy atom. The average Bonchev–Trinajstić information content (AvgIpc) is 3.50. The van der Waals surface area contributed by atoms with Crippen LogP contribution in [0.1, 0.15) is 47.2 Å². The number of carbonyl (C=O) groups is 2. The zero-order chi connectivity index (χ0) is 43.4. The minimum Gasteiger partial charge on any atom is -0.378 e. The van der Waals surface area contributed by atoms with Crippen LogP contribution >= 0.6 is 46.4 Å². The smallest absolute Gasteiger partial charge is 0.337 e. The van der Waals surface area contributed by atoms with Gasteiger partial charge >= 0.3 is 12.1 Å². The number of piperazine rings is 1. The molecular formula is C45H51Cl4N9O3. The lowest BCUT2D eigenvalue weighted by Crippen LogP contribution is -2.45. The van der Waals surface area contributed by atoms with Gasteiger partial charge in [-0.15, -0.1) is 0 Å². The Labute approximate surface area is 378 Å². The van der Waals surface area contributed by atoms with Crippen LogP contribution < -0.4 is 20.4 Å². The van der Waals surface area contributed by atoms with Crippen molar-refractivity contribution in [2.45, 2.75) is 38.8 Å². The van der Waals surface area contributed by atoms with Crippen molar-refractivity contribution in [1.29, 1.82) is 0 Å². The molecule has 16 heteroatoms. The number of nitrogens with one attached hydrogen (secondary N) is 2. The fourth-order valence-electron chi connectivity index (χ4n) is 8.16. The van der Waals surface area contributed by atoms with Crippen molar-refractivity contribution in [2.24, 2.45) is 10.2 Å². The molecule has 0 saturated carbocycles. The lowest BCUT2D eigenvalue weighted by Gasteiger charge is -2.36. The highest BCUT2D eigenvalue weighted by Gasteiger charge is 2.32. The number of amides is 4. The number of hydrogen-bond acceptors (Lipinski definition) is 8. The van der Waals surface area contributed by atoms with Gasteiger partial charge in [0.15, 0.2) is 0 Å². The molecule has 2 atom stereocenters. The van der Waals surface area contributed by atoms with Crippen molar-refractivity contribution in [3.8, 4) is 0 Å². The van der Waals surface area contributed by atoms with Crippen molar-refractivity contribution >= 4 is 81.3 Å². The summed E-state index contributed by atoms with van der Waals surface area (Å²) in [4.78, 5) is 32.3. The van der Waals surface area contributed by atoms with Gasteiger partial charge in [-0.25, -0.2) is 19.6 Å². The summed E-state index contributed by atoms with van der Waals surface area (Å²) in [6.45, 7) is 10.9. The van der Waals surface area contributed by atoms with E-state index in [0.29, 0.717) is 51.9 Å². The second kappa shape index (κ2) is 19.7. The van der Waals surface area contributed by atoms with Crippen molar-refractivity contribution < 1.29 is 14.3 Å². The summed E-state index contributed by atoms with van der Waals surface area (Å²) in [5.74, 6) is 0. The lowest BCUT2D eigenvalue weighted by atomic mass is 9.92.